The minimum atomic E-state index is -0.108. The van der Waals surface area contributed by atoms with Gasteiger partial charge in [-0.15, -0.1) is 0 Å². The van der Waals surface area contributed by atoms with Crippen molar-refractivity contribution in [2.24, 2.45) is 12.9 Å². The minimum absolute atomic E-state index is 0.108. The van der Waals surface area contributed by atoms with Crippen molar-refractivity contribution in [3.8, 4) is 0 Å². The van der Waals surface area contributed by atoms with Gasteiger partial charge in [-0.25, -0.2) is 0 Å². The molecule has 1 atom stereocenters. The zero-order valence-corrected chi connectivity index (χ0v) is 14.2. The summed E-state index contributed by atoms with van der Waals surface area (Å²) in [6.45, 7) is 1.93. The SMILES string of the molecule is Cc1nn(C)c(Cl)c1CC(NN)c1cc(Cl)ccc1Br. The van der Waals surface area contributed by atoms with Gasteiger partial charge in [-0.05, 0) is 37.1 Å². The Morgan fingerprint density at radius 2 is 2.15 bits per heavy atom. The van der Waals surface area contributed by atoms with Gasteiger partial charge >= 0.3 is 0 Å². The molecule has 2 rings (SSSR count). The van der Waals surface area contributed by atoms with E-state index in [4.69, 9.17) is 29.0 Å². The number of aryl methyl sites for hydroxylation is 2. The third-order valence-corrected chi connectivity index (χ3v) is 4.64. The molecule has 0 radical (unpaired) electrons. The van der Waals surface area contributed by atoms with Crippen LogP contribution < -0.4 is 11.3 Å². The van der Waals surface area contributed by atoms with Crippen molar-refractivity contribution < 1.29 is 0 Å². The van der Waals surface area contributed by atoms with Crippen LogP contribution in [-0.4, -0.2) is 9.78 Å². The summed E-state index contributed by atoms with van der Waals surface area (Å²) in [4.78, 5) is 0. The van der Waals surface area contributed by atoms with Crippen molar-refractivity contribution in [3.63, 3.8) is 0 Å². The molecule has 3 N–H and O–H groups in total. The first-order chi connectivity index (χ1) is 9.43. The van der Waals surface area contributed by atoms with Crippen LogP contribution in [0.15, 0.2) is 22.7 Å². The largest absolute Gasteiger partial charge is 0.271 e. The number of nitrogens with two attached hydrogens (primary N) is 1. The van der Waals surface area contributed by atoms with Crippen LogP contribution in [0.5, 0.6) is 0 Å². The number of hydrazine groups is 1. The maximum absolute atomic E-state index is 6.27. The molecule has 0 aliphatic heterocycles. The average Bonchev–Trinajstić information content (AvgIpc) is 2.65. The summed E-state index contributed by atoms with van der Waals surface area (Å²) in [6, 6.07) is 5.50. The van der Waals surface area contributed by atoms with Gasteiger partial charge in [-0.1, -0.05) is 39.1 Å². The second-order valence-electron chi connectivity index (χ2n) is 4.57. The second-order valence-corrected chi connectivity index (χ2v) is 6.22. The van der Waals surface area contributed by atoms with Crippen molar-refractivity contribution in [3.05, 3.63) is 49.7 Å². The van der Waals surface area contributed by atoms with E-state index in [1.54, 1.807) is 4.68 Å². The lowest BCUT2D eigenvalue weighted by atomic mass is 10.00. The Morgan fingerprint density at radius 3 is 2.70 bits per heavy atom. The molecule has 0 aliphatic rings. The zero-order valence-electron chi connectivity index (χ0n) is 11.1. The predicted molar refractivity (Wildman–Crippen MR) is 85.9 cm³/mol. The first-order valence-electron chi connectivity index (χ1n) is 6.03. The molecule has 7 heteroatoms. The molecule has 0 bridgehead atoms. The van der Waals surface area contributed by atoms with Gasteiger partial charge in [-0.3, -0.25) is 16.0 Å². The molecule has 0 aliphatic carbocycles. The van der Waals surface area contributed by atoms with E-state index in [1.807, 2.05) is 32.2 Å². The molecule has 1 heterocycles. The number of nitrogens with zero attached hydrogens (tertiary/aromatic N) is 2. The van der Waals surface area contributed by atoms with Gasteiger partial charge in [0.05, 0.1) is 11.7 Å². The molecule has 0 saturated carbocycles. The summed E-state index contributed by atoms with van der Waals surface area (Å²) in [5.74, 6) is 5.69. The average molecular weight is 378 g/mol. The van der Waals surface area contributed by atoms with Crippen LogP contribution >= 0.6 is 39.1 Å². The number of hydrogen-bond donors (Lipinski definition) is 2. The van der Waals surface area contributed by atoms with E-state index in [1.165, 1.54) is 0 Å². The van der Waals surface area contributed by atoms with Crippen LogP contribution in [0.4, 0.5) is 0 Å². The smallest absolute Gasteiger partial charge is 0.130 e. The Bertz CT molecular complexity index is 627. The van der Waals surface area contributed by atoms with Crippen LogP contribution in [0.25, 0.3) is 0 Å². The van der Waals surface area contributed by atoms with Crippen LogP contribution in [0.1, 0.15) is 22.9 Å². The Morgan fingerprint density at radius 1 is 1.45 bits per heavy atom. The van der Waals surface area contributed by atoms with Crippen LogP contribution in [0.2, 0.25) is 10.2 Å². The highest BCUT2D eigenvalue weighted by Crippen LogP contribution is 2.31. The molecule has 4 nitrogen and oxygen atoms in total. The normalized spacial score (nSPS) is 12.7. The molecular weight excluding hydrogens is 363 g/mol. The summed E-state index contributed by atoms with van der Waals surface area (Å²) in [5.41, 5.74) is 5.67. The van der Waals surface area contributed by atoms with Crippen LogP contribution in [0.3, 0.4) is 0 Å². The molecule has 0 saturated heterocycles. The van der Waals surface area contributed by atoms with Crippen molar-refractivity contribution in [1.82, 2.24) is 15.2 Å². The molecule has 1 aromatic carbocycles. The van der Waals surface area contributed by atoms with Gasteiger partial charge in [0.1, 0.15) is 5.15 Å². The highest BCUT2D eigenvalue weighted by Gasteiger charge is 2.19. The highest BCUT2D eigenvalue weighted by molar-refractivity contribution is 9.10. The van der Waals surface area contributed by atoms with Gasteiger partial charge in [-0.2, -0.15) is 5.10 Å². The molecule has 0 amide bonds. The highest BCUT2D eigenvalue weighted by atomic mass is 79.9. The summed E-state index contributed by atoms with van der Waals surface area (Å²) < 4.78 is 2.61. The number of aromatic nitrogens is 2. The van der Waals surface area contributed by atoms with E-state index in [2.05, 4.69) is 26.5 Å². The third kappa shape index (κ3) is 3.18. The van der Waals surface area contributed by atoms with E-state index in [0.29, 0.717) is 16.6 Å². The number of hydrogen-bond acceptors (Lipinski definition) is 3. The fraction of sp³-hybridized carbons (Fsp3) is 0.308. The first-order valence-corrected chi connectivity index (χ1v) is 7.58. The molecule has 20 heavy (non-hydrogen) atoms. The predicted octanol–water partition coefficient (Wildman–Crippen LogP) is 3.54. The fourth-order valence-corrected chi connectivity index (χ4v) is 3.11. The zero-order chi connectivity index (χ0) is 14.9. The minimum Gasteiger partial charge on any atom is -0.271 e. The van der Waals surface area contributed by atoms with Crippen LogP contribution in [-0.2, 0) is 13.5 Å². The fourth-order valence-electron chi connectivity index (χ4n) is 2.15. The lowest BCUT2D eigenvalue weighted by Gasteiger charge is -2.18. The van der Waals surface area contributed by atoms with E-state index < -0.39 is 0 Å². The van der Waals surface area contributed by atoms with Crippen molar-refractivity contribution in [2.45, 2.75) is 19.4 Å². The molecule has 2 aromatic rings. The first kappa shape index (κ1) is 15.8. The molecule has 1 unspecified atom stereocenters. The monoisotopic (exact) mass is 376 g/mol. The lowest BCUT2D eigenvalue weighted by Crippen LogP contribution is -2.30. The van der Waals surface area contributed by atoms with Crippen LogP contribution in [0, 0.1) is 6.92 Å². The summed E-state index contributed by atoms with van der Waals surface area (Å²) in [5, 5.41) is 5.60. The molecular formula is C13H15BrCl2N4. The number of halogens is 3. The van der Waals surface area contributed by atoms with Gasteiger partial charge < -0.3 is 0 Å². The van der Waals surface area contributed by atoms with Gasteiger partial charge in [0.25, 0.3) is 0 Å². The van der Waals surface area contributed by atoms with Crippen molar-refractivity contribution >= 4 is 39.1 Å². The lowest BCUT2D eigenvalue weighted by molar-refractivity contribution is 0.549. The Hall–Kier alpha value is -0.590. The quantitative estimate of drug-likeness (QED) is 0.632. The molecule has 0 fully saturated rings. The number of benzene rings is 1. The van der Waals surface area contributed by atoms with E-state index >= 15 is 0 Å². The molecule has 108 valence electrons. The summed E-state index contributed by atoms with van der Waals surface area (Å²) in [7, 11) is 1.82. The van der Waals surface area contributed by atoms with Gasteiger partial charge in [0.2, 0.25) is 0 Å². The topological polar surface area (TPSA) is 55.9 Å². The van der Waals surface area contributed by atoms with Crippen molar-refractivity contribution in [1.29, 1.82) is 0 Å². The maximum atomic E-state index is 6.27. The van der Waals surface area contributed by atoms with Gasteiger partial charge in [0, 0.05) is 22.1 Å². The van der Waals surface area contributed by atoms with E-state index in [0.717, 1.165) is 21.3 Å². The standard InChI is InChI=1S/C13H15BrCl2N4/c1-7-9(13(16)20(2)19-7)6-12(18-17)10-5-8(15)3-4-11(10)14/h3-5,12,18H,6,17H2,1-2H3. The Balaban J connectivity index is 2.36. The third-order valence-electron chi connectivity index (χ3n) is 3.21. The second kappa shape index (κ2) is 6.45. The van der Waals surface area contributed by atoms with Gasteiger partial charge in [0.15, 0.2) is 0 Å². The van der Waals surface area contributed by atoms with Crippen molar-refractivity contribution in [2.75, 3.05) is 0 Å². The van der Waals surface area contributed by atoms with E-state index in [-0.39, 0.29) is 6.04 Å². The molecule has 0 spiro atoms. The Kier molecular flexibility index (Phi) is 5.09. The summed E-state index contributed by atoms with van der Waals surface area (Å²) >= 11 is 15.8. The summed E-state index contributed by atoms with van der Waals surface area (Å²) in [6.07, 6.45) is 0.633. The number of rotatable bonds is 4. The Labute approximate surface area is 136 Å². The van der Waals surface area contributed by atoms with E-state index in [9.17, 15) is 0 Å². The maximum Gasteiger partial charge on any atom is 0.130 e. The molecule has 1 aromatic heterocycles. The number of nitrogens with one attached hydrogen (secondary N) is 1.